The number of hydrogen-bond donors (Lipinski definition) is 0. The molecule has 0 amide bonds. The molecule has 0 aliphatic heterocycles. The molecule has 0 aliphatic carbocycles. The summed E-state index contributed by atoms with van der Waals surface area (Å²) in [6, 6.07) is 55.3. The fourth-order valence-corrected chi connectivity index (χ4v) is 9.49. The third kappa shape index (κ3) is 5.96. The summed E-state index contributed by atoms with van der Waals surface area (Å²) < 4.78 is 13.6. The summed E-state index contributed by atoms with van der Waals surface area (Å²) in [7, 11) is 0. The van der Waals surface area contributed by atoms with Crippen molar-refractivity contribution in [3.05, 3.63) is 191 Å². The summed E-state index contributed by atoms with van der Waals surface area (Å²) in [5.41, 5.74) is 18.9. The van der Waals surface area contributed by atoms with E-state index >= 15 is 0 Å². The highest BCUT2D eigenvalue weighted by atomic mass is 16.3. The lowest BCUT2D eigenvalue weighted by molar-refractivity contribution is 0.662. The van der Waals surface area contributed by atoms with Gasteiger partial charge in [-0.1, -0.05) is 72.8 Å². The summed E-state index contributed by atoms with van der Waals surface area (Å²) in [6.07, 6.45) is 0. The molecule has 0 saturated carbocycles. The average Bonchev–Trinajstić information content (AvgIpc) is 3.80. The Morgan fingerprint density at radius 3 is 1.38 bits per heavy atom. The molecular formula is C57H46N2O2. The summed E-state index contributed by atoms with van der Waals surface area (Å²) in [6.45, 7) is 15.2. The van der Waals surface area contributed by atoms with Crippen LogP contribution in [0.25, 0.3) is 65.4 Å². The molecule has 2 heterocycles. The zero-order valence-electron chi connectivity index (χ0n) is 35.6. The van der Waals surface area contributed by atoms with Crippen molar-refractivity contribution >= 4 is 99.5 Å². The largest absolute Gasteiger partial charge is 0.456 e. The lowest BCUT2D eigenvalue weighted by atomic mass is 9.99. The first-order valence-electron chi connectivity index (χ1n) is 21.2. The molecule has 0 atom stereocenters. The van der Waals surface area contributed by atoms with E-state index in [1.807, 2.05) is 0 Å². The van der Waals surface area contributed by atoms with Crippen molar-refractivity contribution in [3.63, 3.8) is 0 Å². The Kier molecular flexibility index (Phi) is 8.37. The van der Waals surface area contributed by atoms with Crippen molar-refractivity contribution in [3.8, 4) is 0 Å². The Morgan fingerprint density at radius 2 is 0.836 bits per heavy atom. The lowest BCUT2D eigenvalue weighted by Crippen LogP contribution is -2.12. The number of hydrogen-bond acceptors (Lipinski definition) is 4. The molecule has 4 nitrogen and oxygen atoms in total. The van der Waals surface area contributed by atoms with E-state index in [1.54, 1.807) is 0 Å². The molecule has 11 aromatic rings. The number of nitrogens with zero attached hydrogens (tertiary/aromatic N) is 2. The van der Waals surface area contributed by atoms with Gasteiger partial charge in [0.05, 0.1) is 0 Å². The predicted octanol–water partition coefficient (Wildman–Crippen LogP) is 16.9. The normalized spacial score (nSPS) is 11.9. The molecule has 9 aromatic carbocycles. The van der Waals surface area contributed by atoms with E-state index in [9.17, 15) is 0 Å². The molecule has 0 bridgehead atoms. The van der Waals surface area contributed by atoms with Crippen LogP contribution in [0.1, 0.15) is 38.9 Å². The van der Waals surface area contributed by atoms with Crippen LogP contribution in [0.5, 0.6) is 0 Å². The van der Waals surface area contributed by atoms with Gasteiger partial charge in [-0.15, -0.1) is 0 Å². The maximum atomic E-state index is 6.82. The number of fused-ring (bicyclic) bond motifs is 8. The molecule has 4 heteroatoms. The Labute approximate surface area is 355 Å². The summed E-state index contributed by atoms with van der Waals surface area (Å²) in [5.74, 6) is 0. The number of furan rings is 2. The summed E-state index contributed by atoms with van der Waals surface area (Å²) >= 11 is 0. The highest BCUT2D eigenvalue weighted by Gasteiger charge is 2.22. The van der Waals surface area contributed by atoms with Crippen LogP contribution < -0.4 is 9.80 Å². The molecule has 61 heavy (non-hydrogen) atoms. The second kappa shape index (κ2) is 13.9. The van der Waals surface area contributed by atoms with Gasteiger partial charge in [0.2, 0.25) is 0 Å². The van der Waals surface area contributed by atoms with Gasteiger partial charge in [-0.25, -0.2) is 0 Å². The fraction of sp³-hybridized carbons (Fsp3) is 0.123. The Bertz CT molecular complexity index is 3470. The third-order valence-corrected chi connectivity index (χ3v) is 12.8. The van der Waals surface area contributed by atoms with Crippen LogP contribution in [0, 0.1) is 48.5 Å². The third-order valence-electron chi connectivity index (χ3n) is 12.8. The number of rotatable bonds is 6. The van der Waals surface area contributed by atoms with E-state index in [0.29, 0.717) is 0 Å². The highest BCUT2D eigenvalue weighted by molar-refractivity contribution is 6.20. The van der Waals surface area contributed by atoms with E-state index in [2.05, 4.69) is 210 Å². The molecule has 0 spiro atoms. The van der Waals surface area contributed by atoms with E-state index in [1.165, 1.54) is 56.1 Å². The van der Waals surface area contributed by atoms with Crippen LogP contribution >= 0.6 is 0 Å². The molecule has 0 unspecified atom stereocenters. The number of aryl methyl sites for hydroxylation is 7. The Hall–Kier alpha value is -7.30. The Morgan fingerprint density at radius 1 is 0.344 bits per heavy atom. The molecule has 11 rings (SSSR count). The second-order valence-corrected chi connectivity index (χ2v) is 17.0. The van der Waals surface area contributed by atoms with Gasteiger partial charge in [0.15, 0.2) is 0 Å². The van der Waals surface area contributed by atoms with Crippen molar-refractivity contribution in [2.24, 2.45) is 0 Å². The summed E-state index contributed by atoms with van der Waals surface area (Å²) in [4.78, 5) is 4.78. The molecule has 2 aromatic heterocycles. The number of benzene rings is 9. The van der Waals surface area contributed by atoms with E-state index in [0.717, 1.165) is 82.4 Å². The van der Waals surface area contributed by atoms with Crippen molar-refractivity contribution < 1.29 is 8.83 Å². The van der Waals surface area contributed by atoms with Crippen LogP contribution in [0.15, 0.2) is 160 Å². The number of para-hydroxylation sites is 2. The molecule has 0 fully saturated rings. The van der Waals surface area contributed by atoms with E-state index < -0.39 is 0 Å². The van der Waals surface area contributed by atoms with E-state index in [4.69, 9.17) is 8.83 Å². The Balaban J connectivity index is 1.04. The van der Waals surface area contributed by atoms with Crippen molar-refractivity contribution in [2.75, 3.05) is 9.80 Å². The maximum Gasteiger partial charge on any atom is 0.139 e. The predicted molar refractivity (Wildman–Crippen MR) is 259 cm³/mol. The lowest BCUT2D eigenvalue weighted by Gasteiger charge is -2.29. The van der Waals surface area contributed by atoms with Crippen molar-refractivity contribution in [2.45, 2.75) is 48.5 Å². The van der Waals surface area contributed by atoms with Crippen LogP contribution in [-0.4, -0.2) is 0 Å². The maximum absolute atomic E-state index is 6.82. The SMILES string of the molecule is Cc1ccc(C)c(N(c2ccc3cc4c(cc3c2)oc2c(C)c3c(cc24)oc2cc4cc(N(c5ccccc5C)c5cc(C)ccc5C)ccc4cc23)c2ccccc2C)c1. The van der Waals surface area contributed by atoms with Gasteiger partial charge in [-0.2, -0.15) is 0 Å². The smallest absolute Gasteiger partial charge is 0.139 e. The zero-order chi connectivity index (χ0) is 41.7. The minimum atomic E-state index is 0.869. The van der Waals surface area contributed by atoms with Crippen LogP contribution in [0.3, 0.4) is 0 Å². The molecule has 0 N–H and O–H groups in total. The first-order chi connectivity index (χ1) is 29.6. The zero-order valence-corrected chi connectivity index (χ0v) is 35.6. The summed E-state index contributed by atoms with van der Waals surface area (Å²) in [5, 5.41) is 8.93. The van der Waals surface area contributed by atoms with Gasteiger partial charge in [0, 0.05) is 61.2 Å². The minimum absolute atomic E-state index is 0.869. The molecular weight excluding hydrogens is 745 g/mol. The second-order valence-electron chi connectivity index (χ2n) is 17.0. The average molecular weight is 791 g/mol. The standard InChI is InChI=1S/C57H46N2O2/c1-33-16-18-37(5)51(24-33)58(49-14-10-8-12-35(49)3)44-22-20-40-28-46-47-32-55-56(39(7)57(47)61-53(46)30-42(40)26-44)48-29-41-21-23-45(27-43(41)31-54(48)60-55)59(50-15-11-9-13-36(50)4)52-25-34(2)17-19-38(52)6/h8-32H,1-7H3. The minimum Gasteiger partial charge on any atom is -0.456 e. The van der Waals surface area contributed by atoms with Crippen LogP contribution in [0.2, 0.25) is 0 Å². The van der Waals surface area contributed by atoms with Gasteiger partial charge in [0.1, 0.15) is 22.3 Å². The molecule has 0 aliphatic rings. The van der Waals surface area contributed by atoms with E-state index in [-0.39, 0.29) is 0 Å². The van der Waals surface area contributed by atoms with Crippen molar-refractivity contribution in [1.82, 2.24) is 0 Å². The van der Waals surface area contributed by atoms with Gasteiger partial charge >= 0.3 is 0 Å². The monoisotopic (exact) mass is 790 g/mol. The van der Waals surface area contributed by atoms with Crippen LogP contribution in [-0.2, 0) is 0 Å². The molecule has 0 radical (unpaired) electrons. The first-order valence-corrected chi connectivity index (χ1v) is 21.2. The number of anilines is 6. The van der Waals surface area contributed by atoms with Gasteiger partial charge < -0.3 is 18.6 Å². The quantitative estimate of drug-likeness (QED) is 0.168. The fourth-order valence-electron chi connectivity index (χ4n) is 9.49. The highest BCUT2D eigenvalue weighted by Crippen LogP contribution is 2.45. The van der Waals surface area contributed by atoms with Gasteiger partial charge in [-0.3, -0.25) is 0 Å². The molecule has 0 saturated heterocycles. The molecule has 296 valence electrons. The van der Waals surface area contributed by atoms with Gasteiger partial charge in [0.25, 0.3) is 0 Å². The van der Waals surface area contributed by atoms with Gasteiger partial charge in [-0.05, 0) is 182 Å². The first kappa shape index (κ1) is 36.8. The van der Waals surface area contributed by atoms with Crippen molar-refractivity contribution in [1.29, 1.82) is 0 Å². The van der Waals surface area contributed by atoms with Crippen LogP contribution in [0.4, 0.5) is 34.1 Å². The topological polar surface area (TPSA) is 32.8 Å².